The fraction of sp³-hybridized carbons (Fsp3) is 0.250. The molecule has 134 valence electrons. The molecule has 26 heavy (non-hydrogen) atoms. The molecule has 1 aliphatic heterocycles. The quantitative estimate of drug-likeness (QED) is 0.809. The number of carbonyl (C=O) groups excluding carboxylic acids is 3. The van der Waals surface area contributed by atoms with Crippen LogP contribution in [0, 0.1) is 0 Å². The van der Waals surface area contributed by atoms with E-state index in [2.05, 4.69) is 5.32 Å². The Morgan fingerprint density at radius 1 is 1.08 bits per heavy atom. The number of carbonyl (C=O) groups is 3. The van der Waals surface area contributed by atoms with Gasteiger partial charge in [0.25, 0.3) is 5.91 Å². The van der Waals surface area contributed by atoms with Crippen molar-refractivity contribution in [1.29, 1.82) is 0 Å². The van der Waals surface area contributed by atoms with Crippen LogP contribution in [0.15, 0.2) is 48.5 Å². The Morgan fingerprint density at radius 3 is 2.54 bits per heavy atom. The van der Waals surface area contributed by atoms with Crippen LogP contribution in [0.25, 0.3) is 0 Å². The van der Waals surface area contributed by atoms with Crippen LogP contribution in [0.3, 0.4) is 0 Å². The lowest BCUT2D eigenvalue weighted by Crippen LogP contribution is -2.28. The summed E-state index contributed by atoms with van der Waals surface area (Å²) in [6, 6.07) is 13.7. The van der Waals surface area contributed by atoms with Crippen LogP contribution < -0.4 is 15.0 Å². The SMILES string of the molecule is CCCOc1ccccc1NC(=O)c1cccc(N2C(=O)CCC2=O)c1. The average molecular weight is 352 g/mol. The molecule has 0 aliphatic carbocycles. The first-order chi connectivity index (χ1) is 12.6. The maximum atomic E-state index is 12.6. The second-order valence-electron chi connectivity index (χ2n) is 5.97. The van der Waals surface area contributed by atoms with Gasteiger partial charge in [0, 0.05) is 18.4 Å². The van der Waals surface area contributed by atoms with E-state index < -0.39 is 0 Å². The van der Waals surface area contributed by atoms with Crippen molar-refractivity contribution in [2.75, 3.05) is 16.8 Å². The highest BCUT2D eigenvalue weighted by atomic mass is 16.5. The molecule has 0 aromatic heterocycles. The van der Waals surface area contributed by atoms with Crippen molar-refractivity contribution in [2.24, 2.45) is 0 Å². The Balaban J connectivity index is 1.80. The van der Waals surface area contributed by atoms with Gasteiger partial charge in [-0.15, -0.1) is 0 Å². The minimum absolute atomic E-state index is 0.206. The molecule has 1 N–H and O–H groups in total. The van der Waals surface area contributed by atoms with Gasteiger partial charge in [-0.1, -0.05) is 25.1 Å². The molecule has 0 unspecified atom stereocenters. The Morgan fingerprint density at radius 2 is 1.81 bits per heavy atom. The van der Waals surface area contributed by atoms with E-state index in [-0.39, 0.29) is 30.6 Å². The first-order valence-electron chi connectivity index (χ1n) is 8.59. The number of nitrogens with zero attached hydrogens (tertiary/aromatic N) is 1. The highest BCUT2D eigenvalue weighted by Gasteiger charge is 2.30. The van der Waals surface area contributed by atoms with Crippen molar-refractivity contribution in [3.8, 4) is 5.75 Å². The predicted molar refractivity (Wildman–Crippen MR) is 98.4 cm³/mol. The summed E-state index contributed by atoms with van der Waals surface area (Å²) in [6.45, 7) is 2.56. The number of ether oxygens (including phenoxy) is 1. The molecular formula is C20H20N2O4. The molecule has 2 aromatic carbocycles. The van der Waals surface area contributed by atoms with Crippen LogP contribution in [0.5, 0.6) is 5.75 Å². The van der Waals surface area contributed by atoms with Crippen molar-refractivity contribution in [1.82, 2.24) is 0 Å². The molecule has 0 spiro atoms. The second kappa shape index (κ2) is 7.82. The van der Waals surface area contributed by atoms with Gasteiger partial charge in [-0.05, 0) is 36.8 Å². The molecule has 0 bridgehead atoms. The van der Waals surface area contributed by atoms with Gasteiger partial charge in [0.15, 0.2) is 0 Å². The first kappa shape index (κ1) is 17.7. The number of hydrogen-bond acceptors (Lipinski definition) is 4. The number of rotatable bonds is 6. The maximum Gasteiger partial charge on any atom is 0.255 e. The average Bonchev–Trinajstić information content (AvgIpc) is 2.99. The molecule has 3 amide bonds. The summed E-state index contributed by atoms with van der Waals surface area (Å²) >= 11 is 0. The normalized spacial score (nSPS) is 13.8. The number of benzene rings is 2. The monoisotopic (exact) mass is 352 g/mol. The zero-order valence-corrected chi connectivity index (χ0v) is 14.5. The third kappa shape index (κ3) is 3.74. The summed E-state index contributed by atoms with van der Waals surface area (Å²) in [5, 5.41) is 2.82. The molecule has 1 saturated heterocycles. The van der Waals surface area contributed by atoms with E-state index in [9.17, 15) is 14.4 Å². The van der Waals surface area contributed by atoms with E-state index in [4.69, 9.17) is 4.74 Å². The third-order valence-electron chi connectivity index (χ3n) is 4.02. The van der Waals surface area contributed by atoms with E-state index in [0.29, 0.717) is 29.3 Å². The van der Waals surface area contributed by atoms with Gasteiger partial charge in [0.1, 0.15) is 5.75 Å². The minimum atomic E-state index is -0.335. The Hall–Kier alpha value is -3.15. The van der Waals surface area contributed by atoms with Crippen LogP contribution in [0.2, 0.25) is 0 Å². The van der Waals surface area contributed by atoms with Gasteiger partial charge in [-0.2, -0.15) is 0 Å². The lowest BCUT2D eigenvalue weighted by molar-refractivity contribution is -0.121. The van der Waals surface area contributed by atoms with E-state index in [1.54, 1.807) is 36.4 Å². The molecular weight excluding hydrogens is 332 g/mol. The fourth-order valence-electron chi connectivity index (χ4n) is 2.75. The molecule has 6 heteroatoms. The Bertz CT molecular complexity index is 831. The van der Waals surface area contributed by atoms with E-state index in [1.807, 2.05) is 19.1 Å². The van der Waals surface area contributed by atoms with Crippen molar-refractivity contribution < 1.29 is 19.1 Å². The Labute approximate surface area is 151 Å². The highest BCUT2D eigenvalue weighted by molar-refractivity contribution is 6.20. The predicted octanol–water partition coefficient (Wildman–Crippen LogP) is 3.38. The smallest absolute Gasteiger partial charge is 0.255 e. The molecule has 1 fully saturated rings. The van der Waals surface area contributed by atoms with Gasteiger partial charge >= 0.3 is 0 Å². The van der Waals surface area contributed by atoms with Gasteiger partial charge in [0.05, 0.1) is 18.0 Å². The van der Waals surface area contributed by atoms with E-state index >= 15 is 0 Å². The summed E-state index contributed by atoms with van der Waals surface area (Å²) in [5.41, 5.74) is 1.35. The number of para-hydroxylation sites is 2. The lowest BCUT2D eigenvalue weighted by Gasteiger charge is -2.15. The lowest BCUT2D eigenvalue weighted by atomic mass is 10.1. The number of anilines is 2. The minimum Gasteiger partial charge on any atom is -0.491 e. The zero-order chi connectivity index (χ0) is 18.5. The highest BCUT2D eigenvalue weighted by Crippen LogP contribution is 2.26. The molecule has 0 saturated carbocycles. The van der Waals surface area contributed by atoms with E-state index in [1.165, 1.54) is 0 Å². The second-order valence-corrected chi connectivity index (χ2v) is 5.97. The van der Waals surface area contributed by atoms with Gasteiger partial charge in [-0.3, -0.25) is 19.3 Å². The molecule has 0 radical (unpaired) electrons. The summed E-state index contributed by atoms with van der Waals surface area (Å²) in [4.78, 5) is 37.5. The van der Waals surface area contributed by atoms with E-state index in [0.717, 1.165) is 11.3 Å². The largest absolute Gasteiger partial charge is 0.491 e. The number of imide groups is 1. The zero-order valence-electron chi connectivity index (χ0n) is 14.5. The fourth-order valence-corrected chi connectivity index (χ4v) is 2.75. The number of nitrogens with one attached hydrogen (secondary N) is 1. The van der Waals surface area contributed by atoms with Crippen molar-refractivity contribution in [3.05, 3.63) is 54.1 Å². The van der Waals surface area contributed by atoms with Gasteiger partial charge in [-0.25, -0.2) is 0 Å². The Kier molecular flexibility index (Phi) is 5.31. The number of amides is 3. The number of hydrogen-bond donors (Lipinski definition) is 1. The van der Waals surface area contributed by atoms with Gasteiger partial charge in [0.2, 0.25) is 11.8 Å². The van der Waals surface area contributed by atoms with Gasteiger partial charge < -0.3 is 10.1 Å². The van der Waals surface area contributed by atoms with Crippen LogP contribution >= 0.6 is 0 Å². The van der Waals surface area contributed by atoms with Crippen LogP contribution in [-0.4, -0.2) is 24.3 Å². The molecule has 2 aromatic rings. The van der Waals surface area contributed by atoms with Crippen molar-refractivity contribution in [2.45, 2.75) is 26.2 Å². The summed E-state index contributed by atoms with van der Waals surface area (Å²) in [5.74, 6) is -0.223. The molecule has 3 rings (SSSR count). The van der Waals surface area contributed by atoms with Crippen LogP contribution in [-0.2, 0) is 9.59 Å². The molecule has 1 aliphatic rings. The van der Waals surface area contributed by atoms with Crippen molar-refractivity contribution in [3.63, 3.8) is 0 Å². The van der Waals surface area contributed by atoms with Crippen molar-refractivity contribution >= 4 is 29.1 Å². The molecule has 1 heterocycles. The third-order valence-corrected chi connectivity index (χ3v) is 4.02. The molecule has 0 atom stereocenters. The summed E-state index contributed by atoms with van der Waals surface area (Å²) in [7, 11) is 0. The topological polar surface area (TPSA) is 75.7 Å². The summed E-state index contributed by atoms with van der Waals surface area (Å²) < 4.78 is 5.64. The first-order valence-corrected chi connectivity index (χ1v) is 8.59. The standard InChI is InChI=1S/C20H20N2O4/c1-2-12-26-17-9-4-3-8-16(17)21-20(25)14-6-5-7-15(13-14)22-18(23)10-11-19(22)24/h3-9,13H,2,10-12H2,1H3,(H,21,25). The van der Waals surface area contributed by atoms with Crippen LogP contribution in [0.4, 0.5) is 11.4 Å². The molecule has 6 nitrogen and oxygen atoms in total. The maximum absolute atomic E-state index is 12.6. The van der Waals surface area contributed by atoms with Crippen LogP contribution in [0.1, 0.15) is 36.5 Å². The summed E-state index contributed by atoms with van der Waals surface area (Å²) in [6.07, 6.45) is 1.27.